The fourth-order valence-corrected chi connectivity index (χ4v) is 4.96. The van der Waals surface area contributed by atoms with Crippen LogP contribution in [-0.4, -0.2) is 54.4 Å². The molecule has 0 saturated carbocycles. The number of likely N-dealkylation sites (tertiary alicyclic amines) is 1. The second kappa shape index (κ2) is 6.79. The molecule has 0 unspecified atom stereocenters. The topological polar surface area (TPSA) is 49.9 Å². The number of piperidine rings is 3. The lowest BCUT2D eigenvalue weighted by Gasteiger charge is -2.52. The summed E-state index contributed by atoms with van der Waals surface area (Å²) in [7, 11) is 1.60. The highest BCUT2D eigenvalue weighted by molar-refractivity contribution is 5.82. The number of carbonyl (C=O) groups excluding carboxylic acids is 2. The summed E-state index contributed by atoms with van der Waals surface area (Å²) in [6, 6.07) is 10.0. The van der Waals surface area contributed by atoms with Gasteiger partial charge >= 0.3 is 0 Å². The van der Waals surface area contributed by atoms with Gasteiger partial charge in [0.2, 0.25) is 5.91 Å². The minimum atomic E-state index is -0.538. The van der Waals surface area contributed by atoms with E-state index in [1.165, 1.54) is 0 Å². The van der Waals surface area contributed by atoms with Gasteiger partial charge < -0.3 is 14.5 Å². The zero-order chi connectivity index (χ0) is 17.4. The maximum Gasteiger partial charge on any atom is 0.256 e. The van der Waals surface area contributed by atoms with E-state index < -0.39 is 6.10 Å². The van der Waals surface area contributed by atoms with Gasteiger partial charge in [0, 0.05) is 39.2 Å². The minimum Gasteiger partial charge on any atom is -0.367 e. The van der Waals surface area contributed by atoms with Crippen molar-refractivity contribution in [3.05, 3.63) is 35.9 Å². The number of nitrogens with zero attached hydrogens (tertiary/aromatic N) is 2. The lowest BCUT2D eigenvalue weighted by molar-refractivity contribution is -0.153. The first-order chi connectivity index (χ1) is 12.2. The molecule has 0 spiro atoms. The van der Waals surface area contributed by atoms with Crippen LogP contribution < -0.4 is 0 Å². The minimum absolute atomic E-state index is 0.0546. The van der Waals surface area contributed by atoms with Gasteiger partial charge in [-0.15, -0.1) is 0 Å². The molecule has 1 aromatic rings. The van der Waals surface area contributed by atoms with Gasteiger partial charge in [-0.2, -0.15) is 0 Å². The van der Waals surface area contributed by atoms with Crippen molar-refractivity contribution in [2.75, 3.05) is 26.7 Å². The molecule has 25 heavy (non-hydrogen) atoms. The molecular weight excluding hydrogens is 316 g/mol. The van der Waals surface area contributed by atoms with E-state index in [9.17, 15) is 9.59 Å². The summed E-state index contributed by atoms with van der Waals surface area (Å²) in [5.41, 5.74) is 0.903. The number of ether oxygens (including phenoxy) is 1. The molecular formula is C20H26N2O3. The van der Waals surface area contributed by atoms with Crippen LogP contribution in [-0.2, 0) is 14.3 Å². The number of hydrogen-bond donors (Lipinski definition) is 0. The Bertz CT molecular complexity index is 648. The van der Waals surface area contributed by atoms with E-state index >= 15 is 0 Å². The number of methoxy groups -OCH3 is 1. The maximum atomic E-state index is 13.1. The van der Waals surface area contributed by atoms with Crippen LogP contribution >= 0.6 is 0 Å². The third-order valence-electron chi connectivity index (χ3n) is 6.05. The first-order valence-corrected chi connectivity index (χ1v) is 9.33. The molecule has 134 valence electrons. The summed E-state index contributed by atoms with van der Waals surface area (Å²) in [5.74, 6) is 1.17. The van der Waals surface area contributed by atoms with Crippen LogP contribution in [0.5, 0.6) is 0 Å². The van der Waals surface area contributed by atoms with Gasteiger partial charge in [-0.05, 0) is 36.7 Å². The Morgan fingerprint density at radius 3 is 2.76 bits per heavy atom. The molecule has 3 aliphatic heterocycles. The Morgan fingerprint density at radius 1 is 1.20 bits per heavy atom. The van der Waals surface area contributed by atoms with Crippen LogP contribution in [0.3, 0.4) is 0 Å². The summed E-state index contributed by atoms with van der Waals surface area (Å²) < 4.78 is 5.54. The Balaban J connectivity index is 1.51. The Labute approximate surface area is 148 Å². The van der Waals surface area contributed by atoms with Gasteiger partial charge in [0.05, 0.1) is 0 Å². The predicted molar refractivity (Wildman–Crippen MR) is 93.7 cm³/mol. The average molecular weight is 342 g/mol. The highest BCUT2D eigenvalue weighted by Crippen LogP contribution is 2.38. The molecule has 3 heterocycles. The van der Waals surface area contributed by atoms with Gasteiger partial charge in [-0.3, -0.25) is 9.59 Å². The van der Waals surface area contributed by atoms with E-state index in [0.717, 1.165) is 44.5 Å². The average Bonchev–Trinajstić information content (AvgIpc) is 2.64. The summed E-state index contributed by atoms with van der Waals surface area (Å²) >= 11 is 0. The number of carbonyl (C=O) groups is 2. The molecule has 3 saturated heterocycles. The molecule has 5 nitrogen and oxygen atoms in total. The first-order valence-electron chi connectivity index (χ1n) is 9.33. The highest BCUT2D eigenvalue weighted by atomic mass is 16.5. The number of benzene rings is 1. The van der Waals surface area contributed by atoms with Crippen LogP contribution in [0.4, 0.5) is 0 Å². The van der Waals surface area contributed by atoms with Gasteiger partial charge in [-0.1, -0.05) is 30.3 Å². The van der Waals surface area contributed by atoms with Crippen molar-refractivity contribution >= 4 is 11.8 Å². The number of fused-ring (bicyclic) bond motifs is 4. The SMILES string of the molecule is CO[C@H](C(=O)N1C[C@H]2C[C@H](C1)[C@@H]1CCCC(=O)N1C2)c1ccccc1. The summed E-state index contributed by atoms with van der Waals surface area (Å²) in [5, 5.41) is 0. The van der Waals surface area contributed by atoms with E-state index in [1.54, 1.807) is 7.11 Å². The van der Waals surface area contributed by atoms with Gasteiger partial charge in [-0.25, -0.2) is 0 Å². The fourth-order valence-electron chi connectivity index (χ4n) is 4.96. The van der Waals surface area contributed by atoms with E-state index in [1.807, 2.05) is 35.2 Å². The van der Waals surface area contributed by atoms with Crippen molar-refractivity contribution in [1.29, 1.82) is 0 Å². The van der Waals surface area contributed by atoms with Gasteiger partial charge in [0.25, 0.3) is 5.91 Å². The van der Waals surface area contributed by atoms with Crippen molar-refractivity contribution in [1.82, 2.24) is 9.80 Å². The van der Waals surface area contributed by atoms with Crippen molar-refractivity contribution in [3.63, 3.8) is 0 Å². The molecule has 0 radical (unpaired) electrons. The van der Waals surface area contributed by atoms with E-state index in [2.05, 4.69) is 4.90 Å². The van der Waals surface area contributed by atoms with E-state index in [-0.39, 0.29) is 5.91 Å². The largest absolute Gasteiger partial charge is 0.367 e. The Hall–Kier alpha value is -1.88. The third-order valence-corrected chi connectivity index (χ3v) is 6.05. The van der Waals surface area contributed by atoms with Crippen molar-refractivity contribution in [3.8, 4) is 0 Å². The normalized spacial score (nSPS) is 30.0. The first kappa shape index (κ1) is 16.6. The smallest absolute Gasteiger partial charge is 0.256 e. The quantitative estimate of drug-likeness (QED) is 0.846. The zero-order valence-electron chi connectivity index (χ0n) is 14.8. The standard InChI is InChI=1S/C20H26N2O3/c1-25-19(15-6-3-2-4-7-15)20(24)21-11-14-10-16(13-21)17-8-5-9-18(23)22(17)12-14/h2-4,6-7,14,16-17,19H,5,8-13H2,1H3/t14-,16-,17+,19+/m1/s1. The molecule has 4 rings (SSSR count). The van der Waals surface area contributed by atoms with Gasteiger partial charge in [0.15, 0.2) is 6.10 Å². The Morgan fingerprint density at radius 2 is 2.00 bits per heavy atom. The lowest BCUT2D eigenvalue weighted by atomic mass is 9.76. The molecule has 3 fully saturated rings. The molecule has 5 heteroatoms. The molecule has 2 bridgehead atoms. The van der Waals surface area contributed by atoms with Crippen LogP contribution in [0, 0.1) is 11.8 Å². The molecule has 2 amide bonds. The summed E-state index contributed by atoms with van der Waals surface area (Å²) in [6.07, 6.45) is 3.36. The molecule has 0 N–H and O–H groups in total. The van der Waals surface area contributed by atoms with Gasteiger partial charge in [0.1, 0.15) is 0 Å². The monoisotopic (exact) mass is 342 g/mol. The third kappa shape index (κ3) is 3.06. The fraction of sp³-hybridized carbons (Fsp3) is 0.600. The molecule has 0 aliphatic carbocycles. The maximum absolute atomic E-state index is 13.1. The van der Waals surface area contributed by atoms with Crippen molar-refractivity contribution in [2.45, 2.75) is 37.8 Å². The molecule has 1 aromatic carbocycles. The Kier molecular flexibility index (Phi) is 4.50. The second-order valence-electron chi connectivity index (χ2n) is 7.64. The predicted octanol–water partition coefficient (Wildman–Crippen LogP) is 2.23. The van der Waals surface area contributed by atoms with Crippen molar-refractivity contribution < 1.29 is 14.3 Å². The highest BCUT2D eigenvalue weighted by Gasteiger charge is 2.45. The number of amides is 2. The van der Waals surface area contributed by atoms with Crippen LogP contribution in [0.15, 0.2) is 30.3 Å². The number of hydrogen-bond acceptors (Lipinski definition) is 3. The zero-order valence-corrected chi connectivity index (χ0v) is 14.8. The molecule has 3 aliphatic rings. The van der Waals surface area contributed by atoms with Crippen LogP contribution in [0.2, 0.25) is 0 Å². The summed E-state index contributed by atoms with van der Waals surface area (Å²) in [6.45, 7) is 2.29. The second-order valence-corrected chi connectivity index (χ2v) is 7.64. The molecule has 4 atom stereocenters. The molecule has 0 aromatic heterocycles. The number of rotatable bonds is 3. The van der Waals surface area contributed by atoms with E-state index in [0.29, 0.717) is 30.2 Å². The summed E-state index contributed by atoms with van der Waals surface area (Å²) in [4.78, 5) is 29.4. The lowest BCUT2D eigenvalue weighted by Crippen LogP contribution is -2.61. The van der Waals surface area contributed by atoms with Crippen LogP contribution in [0.25, 0.3) is 0 Å². The van der Waals surface area contributed by atoms with E-state index in [4.69, 9.17) is 4.74 Å². The van der Waals surface area contributed by atoms with Crippen LogP contribution in [0.1, 0.15) is 37.4 Å². The van der Waals surface area contributed by atoms with Crippen molar-refractivity contribution in [2.24, 2.45) is 11.8 Å².